The van der Waals surface area contributed by atoms with Gasteiger partial charge in [0.25, 0.3) is 0 Å². The fourth-order valence-corrected chi connectivity index (χ4v) is 3.59. The average Bonchev–Trinajstić information content (AvgIpc) is 3.03. The highest BCUT2D eigenvalue weighted by atomic mass is 19.3. The van der Waals surface area contributed by atoms with Gasteiger partial charge in [-0.05, 0) is 38.0 Å². The van der Waals surface area contributed by atoms with E-state index in [1.165, 1.54) is 42.0 Å². The smallest absolute Gasteiger partial charge is 0.387 e. The molecule has 2 heterocycles. The second kappa shape index (κ2) is 7.11. The summed E-state index contributed by atoms with van der Waals surface area (Å²) >= 11 is 0. The van der Waals surface area contributed by atoms with E-state index in [-0.39, 0.29) is 34.5 Å². The van der Waals surface area contributed by atoms with Gasteiger partial charge in [-0.25, -0.2) is 4.39 Å². The molecule has 7 nitrogen and oxygen atoms in total. The molecular weight excluding hydrogens is 389 g/mol. The van der Waals surface area contributed by atoms with Crippen molar-refractivity contribution in [1.29, 1.82) is 0 Å². The van der Waals surface area contributed by atoms with Crippen LogP contribution in [0.5, 0.6) is 11.5 Å². The van der Waals surface area contributed by atoms with Crippen molar-refractivity contribution in [1.82, 2.24) is 14.6 Å². The molecular formula is C19H19F3N4O3. The number of halogens is 3. The van der Waals surface area contributed by atoms with E-state index < -0.39 is 18.0 Å². The minimum Gasteiger partial charge on any atom is -0.497 e. The maximum Gasteiger partial charge on any atom is 0.387 e. The maximum absolute atomic E-state index is 14.6. The van der Waals surface area contributed by atoms with E-state index in [0.29, 0.717) is 18.6 Å². The zero-order chi connectivity index (χ0) is 20.8. The van der Waals surface area contributed by atoms with Gasteiger partial charge in [0.1, 0.15) is 22.7 Å². The van der Waals surface area contributed by atoms with Crippen LogP contribution in [0, 0.1) is 5.82 Å². The molecule has 1 aliphatic rings. The summed E-state index contributed by atoms with van der Waals surface area (Å²) in [4.78, 5) is 0. The van der Waals surface area contributed by atoms with Crippen molar-refractivity contribution in [2.75, 3.05) is 12.4 Å². The molecule has 1 aliphatic carbocycles. The summed E-state index contributed by atoms with van der Waals surface area (Å²) in [6.07, 6.45) is 2.51. The fourth-order valence-electron chi connectivity index (χ4n) is 3.59. The van der Waals surface area contributed by atoms with Crippen LogP contribution in [0.25, 0.3) is 16.8 Å². The summed E-state index contributed by atoms with van der Waals surface area (Å²) in [7, 11) is 1.39. The number of alkyl halides is 2. The number of aliphatic hydroxyl groups is 1. The predicted molar refractivity (Wildman–Crippen MR) is 98.8 cm³/mol. The Hall–Kier alpha value is -3.01. The molecule has 29 heavy (non-hydrogen) atoms. The Morgan fingerprint density at radius 1 is 1.28 bits per heavy atom. The molecule has 4 rings (SSSR count). The maximum atomic E-state index is 14.6. The zero-order valence-corrected chi connectivity index (χ0v) is 15.7. The molecule has 2 N–H and O–H groups in total. The first-order chi connectivity index (χ1) is 13.8. The Bertz CT molecular complexity index is 1050. The quantitative estimate of drug-likeness (QED) is 0.650. The molecule has 3 aromatic rings. The van der Waals surface area contributed by atoms with Crippen molar-refractivity contribution in [2.24, 2.45) is 0 Å². The molecule has 10 heteroatoms. The first-order valence-electron chi connectivity index (χ1n) is 8.93. The summed E-state index contributed by atoms with van der Waals surface area (Å²) in [6, 6.07) is 5.49. The summed E-state index contributed by atoms with van der Waals surface area (Å²) in [5.74, 6) is -0.193. The Labute approximate surface area is 164 Å². The molecule has 2 aromatic heterocycles. The van der Waals surface area contributed by atoms with E-state index in [1.54, 1.807) is 6.92 Å². The van der Waals surface area contributed by atoms with Crippen molar-refractivity contribution in [3.63, 3.8) is 0 Å². The number of nitrogens with one attached hydrogen (secondary N) is 1. The van der Waals surface area contributed by atoms with Gasteiger partial charge in [0.05, 0.1) is 12.7 Å². The molecule has 1 aromatic carbocycles. The van der Waals surface area contributed by atoms with Gasteiger partial charge in [-0.15, -0.1) is 10.2 Å². The molecule has 154 valence electrons. The Kier molecular flexibility index (Phi) is 4.73. The average molecular weight is 408 g/mol. The van der Waals surface area contributed by atoms with Crippen LogP contribution in [-0.4, -0.2) is 45.1 Å². The molecule has 0 aliphatic heterocycles. The van der Waals surface area contributed by atoms with E-state index in [0.717, 1.165) is 0 Å². The Morgan fingerprint density at radius 2 is 2.03 bits per heavy atom. The van der Waals surface area contributed by atoms with E-state index in [1.807, 2.05) is 0 Å². The number of hydrogen-bond acceptors (Lipinski definition) is 6. The number of fused-ring (bicyclic) bond motifs is 1. The lowest BCUT2D eigenvalue weighted by atomic mass is 9.77. The lowest BCUT2D eigenvalue weighted by molar-refractivity contribution is -0.0495. The Balaban J connectivity index is 1.78. The van der Waals surface area contributed by atoms with E-state index >= 15 is 0 Å². The second-order valence-electron chi connectivity index (χ2n) is 7.24. The normalized spacial score (nSPS) is 21.3. The van der Waals surface area contributed by atoms with Crippen LogP contribution in [0.15, 0.2) is 30.5 Å². The number of aromatic nitrogens is 3. The zero-order valence-electron chi connectivity index (χ0n) is 15.7. The van der Waals surface area contributed by atoms with E-state index in [9.17, 15) is 18.3 Å². The van der Waals surface area contributed by atoms with Crippen LogP contribution in [0.4, 0.5) is 19.1 Å². The van der Waals surface area contributed by atoms with Crippen LogP contribution in [-0.2, 0) is 0 Å². The lowest BCUT2D eigenvalue weighted by Gasteiger charge is -2.41. The molecule has 1 fully saturated rings. The van der Waals surface area contributed by atoms with Crippen molar-refractivity contribution in [2.45, 2.75) is 38.0 Å². The molecule has 0 saturated heterocycles. The second-order valence-corrected chi connectivity index (χ2v) is 7.24. The molecule has 0 radical (unpaired) electrons. The third kappa shape index (κ3) is 3.67. The number of ether oxygens (including phenoxy) is 2. The predicted octanol–water partition coefficient (Wildman–Crippen LogP) is 3.47. The first-order valence-corrected chi connectivity index (χ1v) is 8.93. The monoisotopic (exact) mass is 408 g/mol. The standard InChI is InChI=1S/C19H19F3N4O3/c1-19(27)8-10(9-19)23-18-25-24-15(16-13(20)5-6-26(16)18)12-4-3-11(28-2)7-14(12)29-17(21)22/h3-7,10,17,27H,8-9H2,1-2H3,(H,23,25). The highest BCUT2D eigenvalue weighted by Gasteiger charge is 2.39. The van der Waals surface area contributed by atoms with Crippen molar-refractivity contribution >= 4 is 11.5 Å². The summed E-state index contributed by atoms with van der Waals surface area (Å²) < 4.78 is 51.5. The summed E-state index contributed by atoms with van der Waals surface area (Å²) in [5.41, 5.74) is -0.467. The van der Waals surface area contributed by atoms with Gasteiger partial charge in [-0.1, -0.05) is 0 Å². The van der Waals surface area contributed by atoms with Crippen molar-refractivity contribution in [3.8, 4) is 22.8 Å². The molecule has 0 unspecified atom stereocenters. The molecule has 0 bridgehead atoms. The van der Waals surface area contributed by atoms with Gasteiger partial charge in [0.15, 0.2) is 5.82 Å². The van der Waals surface area contributed by atoms with Crippen molar-refractivity contribution in [3.05, 3.63) is 36.3 Å². The fraction of sp³-hybridized carbons (Fsp3) is 0.368. The highest BCUT2D eigenvalue weighted by molar-refractivity contribution is 5.82. The SMILES string of the molecule is COc1ccc(-c2nnc(NC3CC(C)(O)C3)n3ccc(F)c23)c(OC(F)F)c1. The number of rotatable bonds is 6. The topological polar surface area (TPSA) is 80.9 Å². The number of benzene rings is 1. The van der Waals surface area contributed by atoms with Gasteiger partial charge in [-0.2, -0.15) is 8.78 Å². The van der Waals surface area contributed by atoms with Gasteiger partial charge < -0.3 is 19.9 Å². The number of anilines is 1. The van der Waals surface area contributed by atoms with E-state index in [2.05, 4.69) is 20.3 Å². The minimum atomic E-state index is -3.08. The van der Waals surface area contributed by atoms with Crippen LogP contribution in [0.3, 0.4) is 0 Å². The third-order valence-electron chi connectivity index (χ3n) is 4.90. The molecule has 0 amide bonds. The van der Waals surface area contributed by atoms with Crippen LogP contribution in [0.2, 0.25) is 0 Å². The number of methoxy groups -OCH3 is 1. The lowest BCUT2D eigenvalue weighted by Crippen LogP contribution is -2.48. The van der Waals surface area contributed by atoms with Gasteiger partial charge >= 0.3 is 6.61 Å². The summed E-state index contributed by atoms with van der Waals surface area (Å²) in [6.45, 7) is -1.34. The van der Waals surface area contributed by atoms with Gasteiger partial charge in [0.2, 0.25) is 5.95 Å². The number of nitrogens with zero attached hydrogens (tertiary/aromatic N) is 3. The molecule has 0 atom stereocenters. The largest absolute Gasteiger partial charge is 0.497 e. The van der Waals surface area contributed by atoms with Crippen LogP contribution >= 0.6 is 0 Å². The molecule has 0 spiro atoms. The minimum absolute atomic E-state index is 0.0301. The third-order valence-corrected chi connectivity index (χ3v) is 4.90. The van der Waals surface area contributed by atoms with Crippen LogP contribution in [0.1, 0.15) is 19.8 Å². The first kappa shape index (κ1) is 19.3. The summed E-state index contributed by atoms with van der Waals surface area (Å²) in [5, 5.41) is 21.2. The molecule has 1 saturated carbocycles. The highest BCUT2D eigenvalue weighted by Crippen LogP contribution is 2.38. The van der Waals surface area contributed by atoms with Crippen molar-refractivity contribution < 1.29 is 27.8 Å². The van der Waals surface area contributed by atoms with Crippen LogP contribution < -0.4 is 14.8 Å². The number of hydrogen-bond donors (Lipinski definition) is 2. The van der Waals surface area contributed by atoms with Gasteiger partial charge in [0, 0.05) is 23.9 Å². The Morgan fingerprint density at radius 3 is 2.69 bits per heavy atom. The van der Waals surface area contributed by atoms with E-state index in [4.69, 9.17) is 4.74 Å². The van der Waals surface area contributed by atoms with Gasteiger partial charge in [-0.3, -0.25) is 4.40 Å².